The first-order valence-electron chi connectivity index (χ1n) is 13.8. The highest BCUT2D eigenvalue weighted by Crippen LogP contribution is 2.33. The Kier molecular flexibility index (Phi) is 11.4. The fourth-order valence-corrected chi connectivity index (χ4v) is 4.99. The second kappa shape index (κ2) is 15.2. The third kappa shape index (κ3) is 8.88. The minimum absolute atomic E-state index is 0.136. The molecule has 2 aromatic carbocycles. The van der Waals surface area contributed by atoms with Gasteiger partial charge in [-0.1, -0.05) is 49.0 Å². The van der Waals surface area contributed by atoms with E-state index >= 15 is 0 Å². The van der Waals surface area contributed by atoms with E-state index in [1.807, 2.05) is 42.5 Å². The number of carbonyl (C=O) groups excluding carboxylic acids is 1. The number of piperazine rings is 1. The van der Waals surface area contributed by atoms with Gasteiger partial charge in [-0.3, -0.25) is 9.69 Å². The zero-order valence-electron chi connectivity index (χ0n) is 22.5. The number of nitrogens with zero attached hydrogens (tertiary/aromatic N) is 3. The van der Waals surface area contributed by atoms with Gasteiger partial charge in [0.1, 0.15) is 5.75 Å². The Hall–Kier alpha value is -2.74. The molecule has 1 aliphatic heterocycles. The van der Waals surface area contributed by atoms with Crippen LogP contribution in [0, 0.1) is 0 Å². The molecule has 1 fully saturated rings. The van der Waals surface area contributed by atoms with Gasteiger partial charge >= 0.3 is 5.97 Å². The molecular formula is C30H37Cl2N3O4. The maximum Gasteiger partial charge on any atom is 0.308 e. The number of anilines is 1. The Morgan fingerprint density at radius 3 is 2.59 bits per heavy atom. The molecule has 9 heteroatoms. The fraction of sp³-hybridized carbons (Fsp3) is 0.467. The highest BCUT2D eigenvalue weighted by Gasteiger charge is 2.19. The van der Waals surface area contributed by atoms with E-state index in [-0.39, 0.29) is 12.8 Å². The van der Waals surface area contributed by atoms with Crippen LogP contribution < -0.4 is 14.4 Å². The lowest BCUT2D eigenvalue weighted by atomic mass is 10.2. The standard InChI is InChI=1S/C30H37Cl2N3O4/c1-2-3-4-10-29(36)39-22-38-28-14-12-23-11-13-24(21-26(23)33-28)37-20-6-5-15-34-16-18-35(19-17-34)27-9-7-8-25(31)30(27)32/h7-9,11-14,21H,2-6,10,15-20,22H2,1H3. The van der Waals surface area contributed by atoms with Crippen LogP contribution in [0.5, 0.6) is 11.6 Å². The third-order valence-corrected chi connectivity index (χ3v) is 7.64. The average molecular weight is 575 g/mol. The Morgan fingerprint density at radius 1 is 0.949 bits per heavy atom. The van der Waals surface area contributed by atoms with Crippen LogP contribution in [0.25, 0.3) is 10.9 Å². The van der Waals surface area contributed by atoms with Gasteiger partial charge in [0.05, 0.1) is 27.9 Å². The summed E-state index contributed by atoms with van der Waals surface area (Å²) in [5.41, 5.74) is 1.79. The van der Waals surface area contributed by atoms with E-state index in [1.165, 1.54) is 0 Å². The summed E-state index contributed by atoms with van der Waals surface area (Å²) in [5, 5.41) is 2.23. The molecule has 0 aliphatic carbocycles. The largest absolute Gasteiger partial charge is 0.494 e. The Morgan fingerprint density at radius 2 is 1.77 bits per heavy atom. The summed E-state index contributed by atoms with van der Waals surface area (Å²) in [4.78, 5) is 21.1. The lowest BCUT2D eigenvalue weighted by molar-refractivity contribution is -0.150. The average Bonchev–Trinajstić information content (AvgIpc) is 2.95. The predicted molar refractivity (Wildman–Crippen MR) is 157 cm³/mol. The van der Waals surface area contributed by atoms with Crippen molar-refractivity contribution in [3.05, 3.63) is 58.6 Å². The van der Waals surface area contributed by atoms with Gasteiger partial charge < -0.3 is 19.1 Å². The number of hydrogen-bond acceptors (Lipinski definition) is 7. The molecule has 0 radical (unpaired) electrons. The van der Waals surface area contributed by atoms with Gasteiger partial charge in [-0.2, -0.15) is 0 Å². The van der Waals surface area contributed by atoms with Crippen molar-refractivity contribution in [1.29, 1.82) is 0 Å². The second-order valence-corrected chi connectivity index (χ2v) is 10.5. The van der Waals surface area contributed by atoms with Crippen LogP contribution >= 0.6 is 23.2 Å². The summed E-state index contributed by atoms with van der Waals surface area (Å²) in [6.45, 7) is 7.54. The van der Waals surface area contributed by atoms with E-state index in [1.54, 1.807) is 6.07 Å². The molecule has 0 N–H and O–H groups in total. The molecule has 0 bridgehead atoms. The summed E-state index contributed by atoms with van der Waals surface area (Å²) in [7, 11) is 0. The third-order valence-electron chi connectivity index (χ3n) is 6.83. The molecule has 0 saturated carbocycles. The molecule has 0 spiro atoms. The van der Waals surface area contributed by atoms with E-state index in [0.717, 1.165) is 87.2 Å². The minimum Gasteiger partial charge on any atom is -0.494 e. The number of pyridine rings is 1. The SMILES string of the molecule is CCCCCC(=O)OCOc1ccc2ccc(OCCCCN3CCN(c4cccc(Cl)c4Cl)CC3)cc2n1. The molecule has 210 valence electrons. The van der Waals surface area contributed by atoms with E-state index < -0.39 is 0 Å². The quantitative estimate of drug-likeness (QED) is 0.117. The summed E-state index contributed by atoms with van der Waals surface area (Å²) in [5.74, 6) is 0.949. The summed E-state index contributed by atoms with van der Waals surface area (Å²) < 4.78 is 16.7. The number of carbonyl (C=O) groups is 1. The fourth-order valence-electron chi connectivity index (χ4n) is 4.57. The summed E-state index contributed by atoms with van der Waals surface area (Å²) >= 11 is 12.6. The molecule has 0 amide bonds. The van der Waals surface area contributed by atoms with Crippen LogP contribution in [0.2, 0.25) is 10.0 Å². The number of fused-ring (bicyclic) bond motifs is 1. The zero-order valence-corrected chi connectivity index (χ0v) is 24.1. The van der Waals surface area contributed by atoms with Crippen molar-refractivity contribution in [3.63, 3.8) is 0 Å². The smallest absolute Gasteiger partial charge is 0.308 e. The molecule has 0 unspecified atom stereocenters. The van der Waals surface area contributed by atoms with Gasteiger partial charge in [-0.15, -0.1) is 0 Å². The van der Waals surface area contributed by atoms with Gasteiger partial charge in [0.25, 0.3) is 0 Å². The lowest BCUT2D eigenvalue weighted by Crippen LogP contribution is -2.46. The minimum atomic E-state index is -0.246. The van der Waals surface area contributed by atoms with Gasteiger partial charge in [0.15, 0.2) is 0 Å². The topological polar surface area (TPSA) is 64.1 Å². The van der Waals surface area contributed by atoms with Crippen LogP contribution in [0.3, 0.4) is 0 Å². The normalized spacial score (nSPS) is 14.0. The van der Waals surface area contributed by atoms with Crippen LogP contribution in [-0.4, -0.2) is 62.0 Å². The number of aromatic nitrogens is 1. The number of rotatable bonds is 14. The number of halogens is 2. The van der Waals surface area contributed by atoms with Crippen molar-refractivity contribution in [3.8, 4) is 11.6 Å². The van der Waals surface area contributed by atoms with Crippen molar-refractivity contribution in [2.45, 2.75) is 45.4 Å². The van der Waals surface area contributed by atoms with E-state index in [4.69, 9.17) is 37.4 Å². The first-order chi connectivity index (χ1) is 19.0. The maximum atomic E-state index is 11.7. The van der Waals surface area contributed by atoms with E-state index in [9.17, 15) is 4.79 Å². The molecule has 1 saturated heterocycles. The number of benzene rings is 2. The Balaban J connectivity index is 1.15. The van der Waals surface area contributed by atoms with Gasteiger partial charge in [0.2, 0.25) is 12.7 Å². The van der Waals surface area contributed by atoms with Crippen molar-refractivity contribution in [1.82, 2.24) is 9.88 Å². The Bertz CT molecular complexity index is 1220. The second-order valence-electron chi connectivity index (χ2n) is 9.70. The van der Waals surface area contributed by atoms with Crippen LogP contribution in [0.4, 0.5) is 5.69 Å². The van der Waals surface area contributed by atoms with Crippen molar-refractivity contribution in [2.75, 3.05) is 51.0 Å². The predicted octanol–water partition coefficient (Wildman–Crippen LogP) is 6.98. The molecule has 0 atom stereocenters. The summed E-state index contributed by atoms with van der Waals surface area (Å²) in [6.07, 6.45) is 5.38. The summed E-state index contributed by atoms with van der Waals surface area (Å²) in [6, 6.07) is 15.4. The number of ether oxygens (including phenoxy) is 3. The monoisotopic (exact) mass is 573 g/mol. The number of hydrogen-bond donors (Lipinski definition) is 0. The maximum absolute atomic E-state index is 11.7. The molecule has 4 rings (SSSR count). The van der Waals surface area contributed by atoms with E-state index in [0.29, 0.717) is 29.0 Å². The van der Waals surface area contributed by atoms with Crippen molar-refractivity contribution < 1.29 is 19.0 Å². The molecule has 1 aliphatic rings. The number of unbranched alkanes of at least 4 members (excludes halogenated alkanes) is 3. The van der Waals surface area contributed by atoms with Crippen molar-refractivity contribution in [2.24, 2.45) is 0 Å². The lowest BCUT2D eigenvalue weighted by Gasteiger charge is -2.36. The first-order valence-corrected chi connectivity index (χ1v) is 14.5. The van der Waals surface area contributed by atoms with Gasteiger partial charge in [0, 0.05) is 50.1 Å². The Labute approximate surface area is 240 Å². The highest BCUT2D eigenvalue weighted by atomic mass is 35.5. The first kappa shape index (κ1) is 29.2. The van der Waals surface area contributed by atoms with Gasteiger partial charge in [-0.25, -0.2) is 4.98 Å². The molecule has 1 aromatic heterocycles. The van der Waals surface area contributed by atoms with Crippen LogP contribution in [0.1, 0.15) is 45.4 Å². The molecule has 39 heavy (non-hydrogen) atoms. The highest BCUT2D eigenvalue weighted by molar-refractivity contribution is 6.43. The molecular weight excluding hydrogens is 537 g/mol. The molecule has 7 nitrogen and oxygen atoms in total. The van der Waals surface area contributed by atoms with Gasteiger partial charge in [-0.05, 0) is 56.1 Å². The van der Waals surface area contributed by atoms with E-state index in [2.05, 4.69) is 21.7 Å². The molecule has 3 aromatic rings. The number of esters is 1. The zero-order chi connectivity index (χ0) is 27.5. The van der Waals surface area contributed by atoms with Crippen LogP contribution in [-0.2, 0) is 9.53 Å². The van der Waals surface area contributed by atoms with Crippen LogP contribution in [0.15, 0.2) is 48.5 Å². The molecule has 2 heterocycles. The van der Waals surface area contributed by atoms with Crippen molar-refractivity contribution >= 4 is 45.8 Å².